The molecule has 1 aromatic rings. The van der Waals surface area contributed by atoms with E-state index in [0.29, 0.717) is 4.67 Å². The van der Waals surface area contributed by atoms with E-state index in [2.05, 4.69) is 21.1 Å². The molecule has 0 atom stereocenters. The van der Waals surface area contributed by atoms with Gasteiger partial charge in [0.1, 0.15) is 0 Å². The summed E-state index contributed by atoms with van der Waals surface area (Å²) in [5, 5.41) is 12.3. The van der Waals surface area contributed by atoms with Crippen molar-refractivity contribution in [1.82, 2.24) is 5.16 Å². The normalized spacial score (nSPS) is 10.1. The van der Waals surface area contributed by atoms with Gasteiger partial charge >= 0.3 is 0 Å². The molecule has 1 N–H and O–H groups in total. The van der Waals surface area contributed by atoms with Gasteiger partial charge in [0.2, 0.25) is 4.67 Å². The van der Waals surface area contributed by atoms with Crippen LogP contribution in [-0.2, 0) is 6.61 Å². The average molecular weight is 192 g/mol. The minimum atomic E-state index is -0.0318. The van der Waals surface area contributed by atoms with Gasteiger partial charge in [-0.3, -0.25) is 0 Å². The number of aliphatic hydroxyl groups is 1. The standard InChI is InChI=1S/C5H6BrNO2/c1-3-4(2-8)5(6)9-7-3/h8H,2H2,1H3. The third kappa shape index (κ3) is 1.14. The Morgan fingerprint density at radius 2 is 2.44 bits per heavy atom. The zero-order valence-electron chi connectivity index (χ0n) is 4.89. The van der Waals surface area contributed by atoms with Crippen molar-refractivity contribution in [3.63, 3.8) is 0 Å². The monoisotopic (exact) mass is 191 g/mol. The first-order valence-electron chi connectivity index (χ1n) is 2.47. The van der Waals surface area contributed by atoms with Gasteiger partial charge in [-0.2, -0.15) is 0 Å². The summed E-state index contributed by atoms with van der Waals surface area (Å²) >= 11 is 3.09. The fraction of sp³-hybridized carbons (Fsp3) is 0.400. The van der Waals surface area contributed by atoms with E-state index < -0.39 is 0 Å². The molecule has 1 aromatic heterocycles. The van der Waals surface area contributed by atoms with E-state index in [0.717, 1.165) is 11.3 Å². The second kappa shape index (κ2) is 2.49. The highest BCUT2D eigenvalue weighted by Gasteiger charge is 2.07. The van der Waals surface area contributed by atoms with Crippen LogP contribution in [0.1, 0.15) is 11.3 Å². The van der Waals surface area contributed by atoms with E-state index in [1.165, 1.54) is 0 Å². The number of hydrogen-bond acceptors (Lipinski definition) is 3. The Kier molecular flexibility index (Phi) is 1.87. The van der Waals surface area contributed by atoms with Gasteiger partial charge in [-0.05, 0) is 22.9 Å². The first kappa shape index (κ1) is 6.77. The minimum absolute atomic E-state index is 0.0318. The van der Waals surface area contributed by atoms with Gasteiger partial charge in [0.05, 0.1) is 17.9 Å². The highest BCUT2D eigenvalue weighted by molar-refractivity contribution is 9.10. The van der Waals surface area contributed by atoms with Gasteiger partial charge < -0.3 is 9.63 Å². The Bertz CT molecular complexity index is 189. The quantitative estimate of drug-likeness (QED) is 0.727. The lowest BCUT2D eigenvalue weighted by atomic mass is 10.3. The van der Waals surface area contributed by atoms with Gasteiger partial charge in [-0.1, -0.05) is 5.16 Å². The van der Waals surface area contributed by atoms with E-state index in [9.17, 15) is 0 Å². The summed E-state index contributed by atoms with van der Waals surface area (Å²) in [7, 11) is 0. The molecule has 0 aromatic carbocycles. The number of aliphatic hydroxyl groups excluding tert-OH is 1. The van der Waals surface area contributed by atoms with E-state index in [1.807, 2.05) is 0 Å². The van der Waals surface area contributed by atoms with Gasteiger partial charge in [0, 0.05) is 0 Å². The summed E-state index contributed by atoms with van der Waals surface area (Å²) < 4.78 is 5.21. The summed E-state index contributed by atoms with van der Waals surface area (Å²) in [5.74, 6) is 0. The minimum Gasteiger partial charge on any atom is -0.391 e. The fourth-order valence-electron chi connectivity index (χ4n) is 0.538. The molecule has 0 aliphatic carbocycles. The average Bonchev–Trinajstić information content (AvgIpc) is 2.12. The van der Waals surface area contributed by atoms with Crippen LogP contribution in [-0.4, -0.2) is 10.3 Å². The van der Waals surface area contributed by atoms with Gasteiger partial charge in [-0.25, -0.2) is 0 Å². The SMILES string of the molecule is Cc1noc(Br)c1CO. The van der Waals surface area contributed by atoms with Crippen molar-refractivity contribution in [1.29, 1.82) is 0 Å². The van der Waals surface area contributed by atoms with Crippen molar-refractivity contribution in [2.45, 2.75) is 13.5 Å². The lowest BCUT2D eigenvalue weighted by Gasteiger charge is -1.86. The molecule has 4 heteroatoms. The summed E-state index contributed by atoms with van der Waals surface area (Å²) in [6, 6.07) is 0. The maximum absolute atomic E-state index is 8.66. The number of nitrogens with zero attached hydrogens (tertiary/aromatic N) is 1. The van der Waals surface area contributed by atoms with Crippen LogP contribution in [0.2, 0.25) is 0 Å². The Morgan fingerprint density at radius 1 is 1.78 bits per heavy atom. The zero-order chi connectivity index (χ0) is 6.85. The molecule has 0 saturated carbocycles. The summed E-state index contributed by atoms with van der Waals surface area (Å²) in [6.45, 7) is 1.75. The van der Waals surface area contributed by atoms with Gasteiger partial charge in [0.25, 0.3) is 0 Å². The Balaban J connectivity index is 3.07. The molecule has 0 radical (unpaired) electrons. The van der Waals surface area contributed by atoms with Gasteiger partial charge in [0.15, 0.2) is 0 Å². The third-order valence-corrected chi connectivity index (χ3v) is 1.72. The summed E-state index contributed by atoms with van der Waals surface area (Å²) in [5.41, 5.74) is 1.44. The number of rotatable bonds is 1. The molecule has 0 aliphatic heterocycles. The van der Waals surface area contributed by atoms with Crippen molar-refractivity contribution in [3.8, 4) is 0 Å². The van der Waals surface area contributed by atoms with Crippen LogP contribution in [0.3, 0.4) is 0 Å². The van der Waals surface area contributed by atoms with E-state index >= 15 is 0 Å². The molecule has 0 spiro atoms. The largest absolute Gasteiger partial charge is 0.391 e. The molecule has 1 rings (SSSR count). The lowest BCUT2D eigenvalue weighted by molar-refractivity contribution is 0.278. The smallest absolute Gasteiger partial charge is 0.207 e. The molecule has 50 valence electrons. The first-order chi connectivity index (χ1) is 4.25. The molecular formula is C5H6BrNO2. The predicted octanol–water partition coefficient (Wildman–Crippen LogP) is 1.24. The van der Waals surface area contributed by atoms with Crippen LogP contribution < -0.4 is 0 Å². The maximum Gasteiger partial charge on any atom is 0.207 e. The van der Waals surface area contributed by atoms with E-state index in [4.69, 9.17) is 9.63 Å². The molecule has 1 heterocycles. The number of hydrogen-bond donors (Lipinski definition) is 1. The highest BCUT2D eigenvalue weighted by atomic mass is 79.9. The second-order valence-electron chi connectivity index (χ2n) is 1.68. The van der Waals surface area contributed by atoms with Crippen molar-refractivity contribution < 1.29 is 9.63 Å². The lowest BCUT2D eigenvalue weighted by Crippen LogP contribution is -1.83. The Morgan fingerprint density at radius 3 is 2.67 bits per heavy atom. The van der Waals surface area contributed by atoms with Crippen molar-refractivity contribution in [2.75, 3.05) is 0 Å². The Labute approximate surface area is 60.8 Å². The van der Waals surface area contributed by atoms with E-state index in [-0.39, 0.29) is 6.61 Å². The number of aromatic nitrogens is 1. The van der Waals surface area contributed by atoms with Crippen LogP contribution in [0.5, 0.6) is 0 Å². The van der Waals surface area contributed by atoms with Crippen molar-refractivity contribution in [3.05, 3.63) is 15.9 Å². The molecular weight excluding hydrogens is 186 g/mol. The fourth-order valence-corrected chi connectivity index (χ4v) is 1.02. The predicted molar refractivity (Wildman–Crippen MR) is 34.9 cm³/mol. The molecule has 9 heavy (non-hydrogen) atoms. The molecule has 0 bridgehead atoms. The molecule has 0 aliphatic rings. The molecule has 0 unspecified atom stereocenters. The highest BCUT2D eigenvalue weighted by Crippen LogP contribution is 2.18. The molecule has 3 nitrogen and oxygen atoms in total. The first-order valence-corrected chi connectivity index (χ1v) is 3.26. The topological polar surface area (TPSA) is 46.3 Å². The summed E-state index contributed by atoms with van der Waals surface area (Å²) in [6.07, 6.45) is 0. The van der Waals surface area contributed by atoms with Crippen molar-refractivity contribution in [2.24, 2.45) is 0 Å². The second-order valence-corrected chi connectivity index (χ2v) is 2.40. The molecule has 0 amide bonds. The van der Waals surface area contributed by atoms with Crippen LogP contribution in [0.15, 0.2) is 9.19 Å². The molecule has 0 fully saturated rings. The Hall–Kier alpha value is -0.350. The number of aryl methyl sites for hydroxylation is 1. The zero-order valence-corrected chi connectivity index (χ0v) is 6.47. The summed E-state index contributed by atoms with van der Waals surface area (Å²) in [4.78, 5) is 0. The molecule has 0 saturated heterocycles. The van der Waals surface area contributed by atoms with Crippen LogP contribution >= 0.6 is 15.9 Å². The van der Waals surface area contributed by atoms with Crippen LogP contribution in [0.4, 0.5) is 0 Å². The van der Waals surface area contributed by atoms with Gasteiger partial charge in [-0.15, -0.1) is 0 Å². The van der Waals surface area contributed by atoms with Crippen molar-refractivity contribution >= 4 is 15.9 Å². The third-order valence-electron chi connectivity index (χ3n) is 1.09. The van der Waals surface area contributed by atoms with E-state index in [1.54, 1.807) is 6.92 Å². The van der Waals surface area contributed by atoms with Crippen LogP contribution in [0, 0.1) is 6.92 Å². The maximum atomic E-state index is 8.66. The number of halogens is 1. The van der Waals surface area contributed by atoms with Crippen LogP contribution in [0.25, 0.3) is 0 Å².